The first kappa shape index (κ1) is 12.4. The van der Waals surface area contributed by atoms with Gasteiger partial charge in [0.1, 0.15) is 11.6 Å². The maximum Gasteiger partial charge on any atom is 0.139 e. The minimum absolute atomic E-state index is 0.248. The molecule has 0 aliphatic heterocycles. The van der Waals surface area contributed by atoms with E-state index in [1.807, 2.05) is 0 Å². The Kier molecular flexibility index (Phi) is 2.72. The third-order valence-electron chi connectivity index (χ3n) is 3.70. The highest BCUT2D eigenvalue weighted by molar-refractivity contribution is 9.10. The van der Waals surface area contributed by atoms with Crippen LogP contribution in [-0.4, -0.2) is 9.55 Å². The zero-order valence-corrected chi connectivity index (χ0v) is 12.5. The third kappa shape index (κ3) is 1.77. The zero-order chi connectivity index (χ0) is 13.1. The average Bonchev–Trinajstić information content (AvgIpc) is 2.78. The number of hydrogen-bond acceptors (Lipinski definition) is 1. The number of fused-ring (bicyclic) bond motifs is 1. The summed E-state index contributed by atoms with van der Waals surface area (Å²) in [5.74, 6) is 0.906. The van der Waals surface area contributed by atoms with Crippen LogP contribution in [0.3, 0.4) is 0 Å². The van der Waals surface area contributed by atoms with Crippen LogP contribution in [0.15, 0.2) is 16.6 Å². The highest BCUT2D eigenvalue weighted by Gasteiger charge is 2.48. The van der Waals surface area contributed by atoms with Gasteiger partial charge < -0.3 is 4.57 Å². The monoisotopic (exact) mass is 330 g/mol. The molecule has 1 aromatic carbocycles. The van der Waals surface area contributed by atoms with Crippen LogP contribution < -0.4 is 0 Å². The number of nitrogens with zero attached hydrogens (tertiary/aromatic N) is 2. The summed E-state index contributed by atoms with van der Waals surface area (Å²) in [6, 6.07) is 3.63. The van der Waals surface area contributed by atoms with Gasteiger partial charge in [0, 0.05) is 12.1 Å². The largest absolute Gasteiger partial charge is 0.323 e. The van der Waals surface area contributed by atoms with Crippen molar-refractivity contribution in [2.24, 2.45) is 5.41 Å². The first-order valence-corrected chi connectivity index (χ1v) is 7.18. The summed E-state index contributed by atoms with van der Waals surface area (Å²) in [6.45, 7) is 4.41. The third-order valence-corrected chi connectivity index (χ3v) is 4.54. The van der Waals surface area contributed by atoms with E-state index in [-0.39, 0.29) is 11.2 Å². The molecule has 0 radical (unpaired) electrons. The second-order valence-electron chi connectivity index (χ2n) is 5.50. The fourth-order valence-corrected chi connectivity index (χ4v) is 2.98. The lowest BCUT2D eigenvalue weighted by Crippen LogP contribution is -2.04. The van der Waals surface area contributed by atoms with Crippen LogP contribution >= 0.6 is 27.5 Å². The molecule has 96 valence electrons. The van der Waals surface area contributed by atoms with Gasteiger partial charge in [0.05, 0.1) is 21.4 Å². The normalized spacial score (nSPS) is 21.5. The van der Waals surface area contributed by atoms with Crippen molar-refractivity contribution in [2.45, 2.75) is 32.2 Å². The molecule has 0 N–H and O–H groups in total. The van der Waals surface area contributed by atoms with Crippen molar-refractivity contribution in [3.8, 4) is 0 Å². The topological polar surface area (TPSA) is 17.8 Å². The van der Waals surface area contributed by atoms with Gasteiger partial charge in [-0.1, -0.05) is 13.8 Å². The van der Waals surface area contributed by atoms with E-state index in [4.69, 9.17) is 11.6 Å². The number of halogens is 3. The van der Waals surface area contributed by atoms with Crippen molar-refractivity contribution < 1.29 is 4.39 Å². The molecule has 0 saturated heterocycles. The van der Waals surface area contributed by atoms with Crippen molar-refractivity contribution in [1.29, 1.82) is 0 Å². The molecule has 1 atom stereocenters. The zero-order valence-electron chi connectivity index (χ0n) is 10.2. The molecule has 1 aliphatic rings. The number of aromatic nitrogens is 2. The van der Waals surface area contributed by atoms with Gasteiger partial charge >= 0.3 is 0 Å². The van der Waals surface area contributed by atoms with Crippen molar-refractivity contribution in [3.63, 3.8) is 0 Å². The van der Waals surface area contributed by atoms with E-state index in [2.05, 4.69) is 39.3 Å². The summed E-state index contributed by atoms with van der Waals surface area (Å²) >= 11 is 9.15. The second-order valence-corrected chi connectivity index (χ2v) is 6.62. The minimum atomic E-state index is -0.261. The Morgan fingerprint density at radius 2 is 2.22 bits per heavy atom. The van der Waals surface area contributed by atoms with Gasteiger partial charge in [0.15, 0.2) is 0 Å². The molecule has 18 heavy (non-hydrogen) atoms. The van der Waals surface area contributed by atoms with E-state index >= 15 is 0 Å². The van der Waals surface area contributed by atoms with Crippen LogP contribution in [0.5, 0.6) is 0 Å². The smallest absolute Gasteiger partial charge is 0.139 e. The van der Waals surface area contributed by atoms with Crippen molar-refractivity contribution in [1.82, 2.24) is 9.55 Å². The van der Waals surface area contributed by atoms with Gasteiger partial charge in [-0.25, -0.2) is 9.37 Å². The molecular formula is C13H13BrClFN2. The summed E-state index contributed by atoms with van der Waals surface area (Å²) < 4.78 is 16.2. The van der Waals surface area contributed by atoms with Gasteiger partial charge in [-0.15, -0.1) is 11.6 Å². The molecule has 0 spiro atoms. The number of alkyl halides is 1. The standard InChI is InChI=1S/C13H13BrClFN2/c1-13(2)5-11(13)18-10-4-8(16)7(14)3-9(10)17-12(18)6-15/h3-4,11H,5-6H2,1-2H3. The van der Waals surface area contributed by atoms with Gasteiger partial charge in [-0.3, -0.25) is 0 Å². The van der Waals surface area contributed by atoms with Crippen LogP contribution in [0.4, 0.5) is 4.39 Å². The maximum atomic E-state index is 13.7. The molecule has 1 aromatic heterocycles. The quantitative estimate of drug-likeness (QED) is 0.733. The molecule has 1 unspecified atom stereocenters. The minimum Gasteiger partial charge on any atom is -0.323 e. The highest BCUT2D eigenvalue weighted by atomic mass is 79.9. The van der Waals surface area contributed by atoms with E-state index in [1.165, 1.54) is 6.07 Å². The van der Waals surface area contributed by atoms with Crippen molar-refractivity contribution >= 4 is 38.6 Å². The molecule has 0 amide bonds. The molecule has 1 saturated carbocycles. The van der Waals surface area contributed by atoms with E-state index < -0.39 is 0 Å². The Bertz CT molecular complexity index is 635. The molecule has 2 nitrogen and oxygen atoms in total. The molecule has 1 aliphatic carbocycles. The Labute approximate surface area is 118 Å². The van der Waals surface area contributed by atoms with Gasteiger partial charge in [0.25, 0.3) is 0 Å². The van der Waals surface area contributed by atoms with E-state index in [0.29, 0.717) is 16.4 Å². The molecular weight excluding hydrogens is 319 g/mol. The van der Waals surface area contributed by atoms with Crippen molar-refractivity contribution in [2.75, 3.05) is 0 Å². The summed E-state index contributed by atoms with van der Waals surface area (Å²) in [7, 11) is 0. The molecule has 5 heteroatoms. The van der Waals surface area contributed by atoms with Crippen LogP contribution in [-0.2, 0) is 5.88 Å². The Morgan fingerprint density at radius 3 is 2.78 bits per heavy atom. The molecule has 1 heterocycles. The van der Waals surface area contributed by atoms with Crippen LogP contribution in [0.1, 0.15) is 32.1 Å². The Morgan fingerprint density at radius 1 is 1.56 bits per heavy atom. The molecule has 0 bridgehead atoms. The first-order chi connectivity index (χ1) is 8.44. The molecule has 3 rings (SSSR count). The molecule has 2 aromatic rings. The SMILES string of the molecule is CC1(C)CC1n1c(CCl)nc2cc(Br)c(F)cc21. The molecule has 1 fully saturated rings. The predicted molar refractivity (Wildman–Crippen MR) is 74.4 cm³/mol. The lowest BCUT2D eigenvalue weighted by molar-refractivity contribution is 0.539. The van der Waals surface area contributed by atoms with Gasteiger partial charge in [0.2, 0.25) is 0 Å². The number of rotatable bonds is 2. The van der Waals surface area contributed by atoms with Crippen molar-refractivity contribution in [3.05, 3.63) is 28.2 Å². The first-order valence-electron chi connectivity index (χ1n) is 5.86. The van der Waals surface area contributed by atoms with E-state index in [9.17, 15) is 4.39 Å². The van der Waals surface area contributed by atoms with Crippen LogP contribution in [0.25, 0.3) is 11.0 Å². The maximum absolute atomic E-state index is 13.7. The average molecular weight is 332 g/mol. The van der Waals surface area contributed by atoms with Crippen LogP contribution in [0.2, 0.25) is 0 Å². The second kappa shape index (κ2) is 3.94. The van der Waals surface area contributed by atoms with Gasteiger partial charge in [-0.05, 0) is 33.8 Å². The lowest BCUT2D eigenvalue weighted by Gasteiger charge is -2.09. The van der Waals surface area contributed by atoms with E-state index in [1.54, 1.807) is 6.07 Å². The summed E-state index contributed by atoms with van der Waals surface area (Å²) in [6.07, 6.45) is 1.08. The number of hydrogen-bond donors (Lipinski definition) is 0. The fraction of sp³-hybridized carbons (Fsp3) is 0.462. The highest BCUT2D eigenvalue weighted by Crippen LogP contribution is 2.56. The Balaban J connectivity index is 2.25. The van der Waals surface area contributed by atoms with E-state index in [0.717, 1.165) is 23.3 Å². The number of benzene rings is 1. The van der Waals surface area contributed by atoms with Crippen LogP contribution in [0, 0.1) is 11.2 Å². The predicted octanol–water partition coefficient (Wildman–Crippen LogP) is 4.65. The fourth-order valence-electron chi connectivity index (χ4n) is 2.46. The van der Waals surface area contributed by atoms with Gasteiger partial charge in [-0.2, -0.15) is 0 Å². The Hall–Kier alpha value is -0.610. The summed E-state index contributed by atoms with van der Waals surface area (Å²) in [5.41, 5.74) is 1.88. The summed E-state index contributed by atoms with van der Waals surface area (Å²) in [4.78, 5) is 4.49. The summed E-state index contributed by atoms with van der Waals surface area (Å²) in [5, 5.41) is 0. The number of imidazole rings is 1. The lowest BCUT2D eigenvalue weighted by atomic mass is 10.2.